The number of halogens is 1. The van der Waals surface area contributed by atoms with Crippen molar-refractivity contribution in [1.82, 2.24) is 10.6 Å². The van der Waals surface area contributed by atoms with Crippen LogP contribution in [0.2, 0.25) is 0 Å². The number of carbonyl (C=O) groups excluding carboxylic acids is 3. The van der Waals surface area contributed by atoms with Gasteiger partial charge in [0.05, 0.1) is 23.3 Å². The molecule has 6 atom stereocenters. The van der Waals surface area contributed by atoms with Crippen LogP contribution in [0.15, 0.2) is 48.5 Å². The average molecular weight is 516 g/mol. The molecule has 36 heavy (non-hydrogen) atoms. The minimum absolute atomic E-state index is 0.0894. The largest absolute Gasteiger partial charge is 0.508 e. The van der Waals surface area contributed by atoms with Crippen molar-refractivity contribution in [2.45, 2.75) is 56.8 Å². The van der Waals surface area contributed by atoms with Crippen LogP contribution in [0.25, 0.3) is 0 Å². The number of nitrogens with two attached hydrogens (primary N) is 1. The smallest absolute Gasteiger partial charge is 0.238 e. The van der Waals surface area contributed by atoms with E-state index in [1.807, 2.05) is 20.8 Å². The van der Waals surface area contributed by atoms with Crippen molar-refractivity contribution in [2.24, 2.45) is 17.6 Å². The molecule has 1 saturated heterocycles. The number of nitrogens with one attached hydrogen (secondary N) is 2. The van der Waals surface area contributed by atoms with Gasteiger partial charge in [0.15, 0.2) is 11.6 Å². The zero-order valence-corrected chi connectivity index (χ0v) is 21.6. The van der Waals surface area contributed by atoms with E-state index in [1.54, 1.807) is 37.3 Å². The molecule has 9 heteroatoms. The Hall–Kier alpha value is -2.78. The molecule has 1 fully saturated rings. The number of hydrogen-bond acceptors (Lipinski definition) is 7. The zero-order chi connectivity index (χ0) is 26.8. The van der Waals surface area contributed by atoms with Crippen LogP contribution in [-0.4, -0.2) is 57.3 Å². The van der Waals surface area contributed by atoms with Gasteiger partial charge in [-0.1, -0.05) is 42.5 Å². The highest BCUT2D eigenvalue weighted by Crippen LogP contribution is 2.33. The fraction of sp³-hybridized carbons (Fsp3) is 0.444. The van der Waals surface area contributed by atoms with Crippen LogP contribution >= 0.6 is 11.6 Å². The predicted molar refractivity (Wildman–Crippen MR) is 138 cm³/mol. The summed E-state index contributed by atoms with van der Waals surface area (Å²) in [6.45, 7) is 7.20. The van der Waals surface area contributed by atoms with Crippen LogP contribution in [0.5, 0.6) is 5.75 Å². The van der Waals surface area contributed by atoms with Gasteiger partial charge in [-0.15, -0.1) is 11.6 Å². The molecular formula is C27H34ClN3O5. The average Bonchev–Trinajstić information content (AvgIpc) is 3.21. The maximum atomic E-state index is 13.7. The van der Waals surface area contributed by atoms with Crippen LogP contribution in [0, 0.1) is 18.8 Å². The van der Waals surface area contributed by atoms with Crippen LogP contribution < -0.4 is 16.4 Å². The molecule has 1 aliphatic heterocycles. The normalized spacial score (nSPS) is 22.5. The van der Waals surface area contributed by atoms with Crippen molar-refractivity contribution in [3.05, 3.63) is 65.2 Å². The number of rotatable bonds is 8. The number of amides is 1. The third-order valence-electron chi connectivity index (χ3n) is 6.47. The van der Waals surface area contributed by atoms with Gasteiger partial charge in [0.25, 0.3) is 0 Å². The van der Waals surface area contributed by atoms with E-state index in [9.17, 15) is 24.6 Å². The highest BCUT2D eigenvalue weighted by atomic mass is 35.5. The SMILES string of the molecule is Cc1c(O)cccc1C(=O)C(C(O)C(=O)[C@H]1[C@H](Cl)CN[C@@H]1C(=O)NC(C)(C)C)C(N)c1ccccc1. The summed E-state index contributed by atoms with van der Waals surface area (Å²) < 4.78 is 0. The van der Waals surface area contributed by atoms with Gasteiger partial charge < -0.3 is 26.6 Å². The molecule has 2 aromatic rings. The van der Waals surface area contributed by atoms with Gasteiger partial charge in [0.1, 0.15) is 11.9 Å². The predicted octanol–water partition coefficient (Wildman–Crippen LogP) is 2.24. The lowest BCUT2D eigenvalue weighted by Crippen LogP contribution is -2.54. The number of hydrogen-bond donors (Lipinski definition) is 5. The first kappa shape index (κ1) is 27.8. The molecule has 0 aliphatic carbocycles. The Morgan fingerprint density at radius 1 is 1.11 bits per heavy atom. The number of phenols is 1. The molecule has 0 saturated carbocycles. The number of alkyl halides is 1. The molecular weight excluding hydrogens is 482 g/mol. The lowest BCUT2D eigenvalue weighted by Gasteiger charge is -2.31. The third-order valence-corrected chi connectivity index (χ3v) is 6.89. The molecule has 6 N–H and O–H groups in total. The minimum atomic E-state index is -1.84. The second-order valence-corrected chi connectivity index (χ2v) is 10.9. The summed E-state index contributed by atoms with van der Waals surface area (Å²) in [5, 5.41) is 26.6. The maximum absolute atomic E-state index is 13.7. The van der Waals surface area contributed by atoms with E-state index >= 15 is 0 Å². The zero-order valence-electron chi connectivity index (χ0n) is 20.9. The van der Waals surface area contributed by atoms with E-state index in [0.29, 0.717) is 11.1 Å². The van der Waals surface area contributed by atoms with Gasteiger partial charge in [-0.25, -0.2) is 0 Å². The molecule has 1 heterocycles. The number of Topliss-reactive ketones (excluding diaryl/α,β-unsaturated/α-hetero) is 2. The Bertz CT molecular complexity index is 1120. The van der Waals surface area contributed by atoms with Crippen molar-refractivity contribution in [3.8, 4) is 5.75 Å². The minimum Gasteiger partial charge on any atom is -0.508 e. The van der Waals surface area contributed by atoms with Crippen LogP contribution in [0.4, 0.5) is 0 Å². The van der Waals surface area contributed by atoms with Crippen molar-refractivity contribution < 1.29 is 24.6 Å². The van der Waals surface area contributed by atoms with Gasteiger partial charge in [-0.2, -0.15) is 0 Å². The number of benzene rings is 2. The Balaban J connectivity index is 2.00. The first-order valence-corrected chi connectivity index (χ1v) is 12.3. The fourth-order valence-electron chi connectivity index (χ4n) is 4.58. The van der Waals surface area contributed by atoms with Gasteiger partial charge in [0, 0.05) is 29.3 Å². The van der Waals surface area contributed by atoms with E-state index < -0.39 is 58.4 Å². The van der Waals surface area contributed by atoms with Crippen molar-refractivity contribution in [2.75, 3.05) is 6.54 Å². The number of aliphatic hydroxyl groups is 1. The van der Waals surface area contributed by atoms with Crippen molar-refractivity contribution in [3.63, 3.8) is 0 Å². The Morgan fingerprint density at radius 3 is 2.36 bits per heavy atom. The first-order chi connectivity index (χ1) is 16.8. The number of aromatic hydroxyl groups is 1. The Kier molecular flexibility index (Phi) is 8.56. The molecule has 194 valence electrons. The quantitative estimate of drug-likeness (QED) is 0.268. The molecule has 1 amide bonds. The summed E-state index contributed by atoms with van der Waals surface area (Å²) >= 11 is 6.45. The molecule has 0 spiro atoms. The summed E-state index contributed by atoms with van der Waals surface area (Å²) in [4.78, 5) is 40.4. The Morgan fingerprint density at radius 2 is 1.75 bits per heavy atom. The maximum Gasteiger partial charge on any atom is 0.238 e. The molecule has 0 aromatic heterocycles. The number of phenolic OH excluding ortho intramolecular Hbond substituents is 1. The molecule has 3 unspecified atom stereocenters. The summed E-state index contributed by atoms with van der Waals surface area (Å²) in [7, 11) is 0. The molecule has 1 aliphatic rings. The third kappa shape index (κ3) is 5.95. The fourth-order valence-corrected chi connectivity index (χ4v) is 4.94. The summed E-state index contributed by atoms with van der Waals surface area (Å²) in [6.07, 6.45) is -1.84. The lowest BCUT2D eigenvalue weighted by atomic mass is 9.77. The van der Waals surface area contributed by atoms with E-state index in [4.69, 9.17) is 17.3 Å². The monoisotopic (exact) mass is 515 g/mol. The van der Waals surface area contributed by atoms with Gasteiger partial charge in [-0.3, -0.25) is 14.4 Å². The summed E-state index contributed by atoms with van der Waals surface area (Å²) in [5.41, 5.74) is 6.96. The van der Waals surface area contributed by atoms with Crippen molar-refractivity contribution in [1.29, 1.82) is 0 Å². The number of ketones is 2. The van der Waals surface area contributed by atoms with E-state index in [0.717, 1.165) is 0 Å². The number of aliphatic hydroxyl groups excluding tert-OH is 1. The molecule has 8 nitrogen and oxygen atoms in total. The lowest BCUT2D eigenvalue weighted by molar-refractivity contribution is -0.137. The van der Waals surface area contributed by atoms with Crippen LogP contribution in [0.1, 0.15) is 48.3 Å². The van der Waals surface area contributed by atoms with Gasteiger partial charge >= 0.3 is 0 Å². The molecule has 2 aromatic carbocycles. The summed E-state index contributed by atoms with van der Waals surface area (Å²) in [5.74, 6) is -4.29. The highest BCUT2D eigenvalue weighted by Gasteiger charge is 2.49. The van der Waals surface area contributed by atoms with E-state index in [-0.39, 0.29) is 17.9 Å². The highest BCUT2D eigenvalue weighted by molar-refractivity contribution is 6.23. The molecule has 3 rings (SSSR count). The summed E-state index contributed by atoms with van der Waals surface area (Å²) in [6, 6.07) is 11.1. The second-order valence-electron chi connectivity index (χ2n) is 10.3. The van der Waals surface area contributed by atoms with Crippen LogP contribution in [0.3, 0.4) is 0 Å². The second kappa shape index (κ2) is 11.1. The number of carbonyl (C=O) groups is 3. The molecule has 0 bridgehead atoms. The molecule has 0 radical (unpaired) electrons. The first-order valence-electron chi connectivity index (χ1n) is 11.9. The van der Waals surface area contributed by atoms with E-state index in [2.05, 4.69) is 10.6 Å². The Labute approximate surface area is 216 Å². The van der Waals surface area contributed by atoms with Crippen molar-refractivity contribution >= 4 is 29.1 Å². The topological polar surface area (TPSA) is 142 Å². The van der Waals surface area contributed by atoms with Gasteiger partial charge in [0.2, 0.25) is 5.91 Å². The standard InChI is InChI=1S/C27H34ClN3O5/c1-14-16(11-8-12-18(14)32)23(33)20(21(29)15-9-6-5-7-10-15)25(35)24(34)19-17(28)13-30-22(19)26(36)31-27(2,3)4/h5-12,17,19-22,25,30,32,35H,13,29H2,1-4H3,(H,31,36)/t17-,19+,20?,21?,22+,25?/m1/s1. The van der Waals surface area contributed by atoms with Gasteiger partial charge in [-0.05, 0) is 39.3 Å². The van der Waals surface area contributed by atoms with E-state index in [1.165, 1.54) is 18.2 Å². The van der Waals surface area contributed by atoms with Crippen LogP contribution in [-0.2, 0) is 9.59 Å².